The monoisotopic (exact) mass is 272 g/mol. The molecule has 0 aliphatic carbocycles. The molecule has 1 aromatic carbocycles. The van der Waals surface area contributed by atoms with Crippen LogP contribution in [0.5, 0.6) is 0 Å². The first-order valence-corrected chi connectivity index (χ1v) is 5.72. The van der Waals surface area contributed by atoms with Crippen LogP contribution in [-0.4, -0.2) is 22.9 Å². The number of carbonyl (C=O) groups excluding carboxylic acids is 1. The molecule has 0 atom stereocenters. The van der Waals surface area contributed by atoms with E-state index in [1.807, 2.05) is 0 Å². The molecule has 1 amide bonds. The third-order valence-electron chi connectivity index (χ3n) is 2.81. The van der Waals surface area contributed by atoms with Crippen molar-refractivity contribution in [2.75, 3.05) is 17.7 Å². The topological polar surface area (TPSA) is 102 Å². The predicted octanol–water partition coefficient (Wildman–Crippen LogP) is 1.85. The molecule has 0 fully saturated rings. The third kappa shape index (κ3) is 2.56. The number of aromatic nitrogens is 1. The van der Waals surface area contributed by atoms with E-state index in [1.165, 1.54) is 29.3 Å². The maximum absolute atomic E-state index is 12.3. The minimum absolute atomic E-state index is 0.0237. The van der Waals surface area contributed by atoms with E-state index in [0.717, 1.165) is 0 Å². The van der Waals surface area contributed by atoms with Gasteiger partial charge in [0.15, 0.2) is 0 Å². The predicted molar refractivity (Wildman–Crippen MR) is 74.5 cm³/mol. The second-order valence-corrected chi connectivity index (χ2v) is 4.11. The number of amides is 1. The molecule has 0 saturated heterocycles. The Balaban J connectivity index is 2.34. The van der Waals surface area contributed by atoms with Gasteiger partial charge in [-0.1, -0.05) is 0 Å². The van der Waals surface area contributed by atoms with Crippen molar-refractivity contribution in [2.45, 2.75) is 0 Å². The highest BCUT2D eigenvalue weighted by molar-refractivity contribution is 6.06. The summed E-state index contributed by atoms with van der Waals surface area (Å²) in [7, 11) is 1.57. The van der Waals surface area contributed by atoms with Gasteiger partial charge in [-0.15, -0.1) is 0 Å². The average molecular weight is 272 g/mol. The van der Waals surface area contributed by atoms with Crippen LogP contribution in [0.15, 0.2) is 42.7 Å². The fourth-order valence-electron chi connectivity index (χ4n) is 1.70. The largest absolute Gasteiger partial charge is 0.393 e. The van der Waals surface area contributed by atoms with Gasteiger partial charge in [0.1, 0.15) is 5.69 Å². The molecule has 2 rings (SSSR count). The first-order chi connectivity index (χ1) is 9.50. The lowest BCUT2D eigenvalue weighted by Crippen LogP contribution is -2.26. The van der Waals surface area contributed by atoms with E-state index in [1.54, 1.807) is 25.4 Å². The van der Waals surface area contributed by atoms with Crippen LogP contribution in [0.3, 0.4) is 0 Å². The summed E-state index contributed by atoms with van der Waals surface area (Å²) >= 11 is 0. The number of pyridine rings is 1. The Hall–Kier alpha value is -2.96. The minimum atomic E-state index is -0.615. The van der Waals surface area contributed by atoms with Gasteiger partial charge in [-0.2, -0.15) is 0 Å². The lowest BCUT2D eigenvalue weighted by atomic mass is 10.1. The van der Waals surface area contributed by atoms with Gasteiger partial charge >= 0.3 is 0 Å². The van der Waals surface area contributed by atoms with E-state index in [2.05, 4.69) is 4.98 Å². The number of hydrogen-bond acceptors (Lipinski definition) is 5. The zero-order valence-corrected chi connectivity index (χ0v) is 10.7. The molecule has 2 N–H and O–H groups in total. The number of nitrogens with two attached hydrogens (primary N) is 1. The molecule has 0 bridgehead atoms. The minimum Gasteiger partial charge on any atom is -0.393 e. The van der Waals surface area contributed by atoms with Crippen LogP contribution in [0.1, 0.15) is 10.4 Å². The summed E-state index contributed by atoms with van der Waals surface area (Å²) in [6.45, 7) is 0. The van der Waals surface area contributed by atoms with Crippen molar-refractivity contribution >= 4 is 23.0 Å². The molecule has 0 radical (unpaired) electrons. The molecule has 0 spiro atoms. The first kappa shape index (κ1) is 13.5. The quantitative estimate of drug-likeness (QED) is 0.521. The van der Waals surface area contributed by atoms with E-state index >= 15 is 0 Å². The Morgan fingerprint density at radius 2 is 2.15 bits per heavy atom. The van der Waals surface area contributed by atoms with Gasteiger partial charge in [-0.25, -0.2) is 0 Å². The summed E-state index contributed by atoms with van der Waals surface area (Å²) in [4.78, 5) is 27.8. The molecule has 1 aromatic heterocycles. The molecule has 2 aromatic rings. The Labute approximate surface area is 114 Å². The number of anilines is 2. The second kappa shape index (κ2) is 5.35. The maximum atomic E-state index is 12.3. The lowest BCUT2D eigenvalue weighted by molar-refractivity contribution is -0.383. The average Bonchev–Trinajstić information content (AvgIpc) is 2.47. The van der Waals surface area contributed by atoms with Crippen molar-refractivity contribution in [3.05, 3.63) is 58.4 Å². The Kier molecular flexibility index (Phi) is 3.60. The summed E-state index contributed by atoms with van der Waals surface area (Å²) in [5.41, 5.74) is 6.03. The summed E-state index contributed by atoms with van der Waals surface area (Å²) < 4.78 is 0. The van der Waals surface area contributed by atoms with Crippen molar-refractivity contribution in [3.63, 3.8) is 0 Å². The molecular weight excluding hydrogens is 260 g/mol. The highest BCUT2D eigenvalue weighted by atomic mass is 16.6. The summed E-state index contributed by atoms with van der Waals surface area (Å²) in [6, 6.07) is 7.39. The van der Waals surface area contributed by atoms with E-state index in [9.17, 15) is 14.9 Å². The highest BCUT2D eigenvalue weighted by Gasteiger charge is 2.19. The maximum Gasteiger partial charge on any atom is 0.292 e. The molecule has 7 heteroatoms. The third-order valence-corrected chi connectivity index (χ3v) is 2.81. The van der Waals surface area contributed by atoms with Crippen LogP contribution < -0.4 is 10.6 Å². The van der Waals surface area contributed by atoms with Crippen LogP contribution in [-0.2, 0) is 0 Å². The number of nitrogens with zero attached hydrogens (tertiary/aromatic N) is 3. The van der Waals surface area contributed by atoms with Gasteiger partial charge in [-0.3, -0.25) is 19.9 Å². The molecule has 0 unspecified atom stereocenters. The van der Waals surface area contributed by atoms with Crippen molar-refractivity contribution in [1.29, 1.82) is 0 Å². The number of benzene rings is 1. The van der Waals surface area contributed by atoms with Crippen molar-refractivity contribution in [1.82, 2.24) is 4.98 Å². The summed E-state index contributed by atoms with van der Waals surface area (Å²) in [5.74, 6) is -0.374. The number of hydrogen-bond donors (Lipinski definition) is 1. The summed E-state index contributed by atoms with van der Waals surface area (Å²) in [5, 5.41) is 10.8. The number of nitro benzene ring substituents is 1. The molecular formula is C13H12N4O3. The molecule has 7 nitrogen and oxygen atoms in total. The van der Waals surface area contributed by atoms with E-state index < -0.39 is 4.92 Å². The lowest BCUT2D eigenvalue weighted by Gasteiger charge is -2.16. The van der Waals surface area contributed by atoms with Crippen molar-refractivity contribution < 1.29 is 9.72 Å². The van der Waals surface area contributed by atoms with Gasteiger partial charge in [0.2, 0.25) is 0 Å². The molecule has 1 heterocycles. The van der Waals surface area contributed by atoms with Gasteiger partial charge in [0.05, 0.1) is 16.8 Å². The number of nitrogen functional groups attached to an aromatic ring is 1. The van der Waals surface area contributed by atoms with Crippen LogP contribution in [0.2, 0.25) is 0 Å². The Bertz CT molecular complexity index is 658. The molecule has 102 valence electrons. The number of rotatable bonds is 3. The zero-order chi connectivity index (χ0) is 14.7. The van der Waals surface area contributed by atoms with E-state index in [0.29, 0.717) is 5.69 Å². The fraction of sp³-hybridized carbons (Fsp3) is 0.0769. The molecule has 20 heavy (non-hydrogen) atoms. The standard InChI is InChI=1S/C13H12N4O3/c1-16(10-3-2-6-15-8-10)13(18)9-4-5-11(14)12(7-9)17(19)20/h2-8H,14H2,1H3. The van der Waals surface area contributed by atoms with Gasteiger partial charge in [0.25, 0.3) is 11.6 Å². The van der Waals surface area contributed by atoms with E-state index in [4.69, 9.17) is 5.73 Å². The van der Waals surface area contributed by atoms with E-state index in [-0.39, 0.29) is 22.8 Å². The molecule has 0 saturated carbocycles. The van der Waals surface area contributed by atoms with Crippen molar-refractivity contribution in [2.24, 2.45) is 0 Å². The SMILES string of the molecule is CN(C(=O)c1ccc(N)c([N+](=O)[O-])c1)c1cccnc1. The highest BCUT2D eigenvalue weighted by Crippen LogP contribution is 2.23. The normalized spacial score (nSPS) is 10.1. The van der Waals surface area contributed by atoms with Crippen LogP contribution >= 0.6 is 0 Å². The molecule has 0 aliphatic rings. The number of nitro groups is 1. The van der Waals surface area contributed by atoms with Crippen LogP contribution in [0.4, 0.5) is 17.1 Å². The number of carbonyl (C=O) groups is 1. The van der Waals surface area contributed by atoms with Gasteiger partial charge in [0, 0.05) is 24.9 Å². The van der Waals surface area contributed by atoms with Gasteiger partial charge < -0.3 is 10.6 Å². The van der Waals surface area contributed by atoms with Crippen molar-refractivity contribution in [3.8, 4) is 0 Å². The Morgan fingerprint density at radius 1 is 1.40 bits per heavy atom. The molecule has 0 aliphatic heterocycles. The summed E-state index contributed by atoms with van der Waals surface area (Å²) in [6.07, 6.45) is 3.12. The fourth-order valence-corrected chi connectivity index (χ4v) is 1.70. The smallest absolute Gasteiger partial charge is 0.292 e. The van der Waals surface area contributed by atoms with Gasteiger partial charge in [-0.05, 0) is 24.3 Å². The van der Waals surface area contributed by atoms with Crippen LogP contribution in [0, 0.1) is 10.1 Å². The first-order valence-electron chi connectivity index (χ1n) is 5.72. The van der Waals surface area contributed by atoms with Crippen LogP contribution in [0.25, 0.3) is 0 Å². The second-order valence-electron chi connectivity index (χ2n) is 4.11. The Morgan fingerprint density at radius 3 is 2.75 bits per heavy atom. The zero-order valence-electron chi connectivity index (χ0n) is 10.7.